The number of unbranched alkanes of at least 4 members (excludes halogenated alkanes) is 1. The second-order valence-corrected chi connectivity index (χ2v) is 10.8. The van der Waals surface area contributed by atoms with E-state index in [2.05, 4.69) is 50.5 Å². The van der Waals surface area contributed by atoms with Crippen molar-refractivity contribution in [3.05, 3.63) is 90.3 Å². The van der Waals surface area contributed by atoms with Crippen molar-refractivity contribution in [2.45, 2.75) is 25.9 Å². The van der Waals surface area contributed by atoms with Crippen molar-refractivity contribution in [2.75, 3.05) is 36.5 Å². The normalized spacial score (nSPS) is 14.7. The zero-order valence-corrected chi connectivity index (χ0v) is 21.3. The third-order valence-corrected chi connectivity index (χ3v) is 7.80. The van der Waals surface area contributed by atoms with Crippen molar-refractivity contribution in [1.82, 2.24) is 14.9 Å². The summed E-state index contributed by atoms with van der Waals surface area (Å²) >= 11 is -0.604. The van der Waals surface area contributed by atoms with Crippen LogP contribution in [-0.2, 0) is 24.2 Å². The first kappa shape index (κ1) is 24.6. The summed E-state index contributed by atoms with van der Waals surface area (Å²) in [7, 11) is 0. The minimum atomic E-state index is -0.604. The fraction of sp³-hybridized carbons (Fsp3) is 0.310. The standard InChI is InChI=1S/C29H32N4O2S/c34-36-18-16-33(17-19-36)15-5-4-6-23-9-14-28-27(20-23)29(31-22-30-28)32-25-10-12-26(13-11-25)35-21-24-7-2-1-3-8-24/h1-3,7-14,20,22H,4-6,15-19,21H2,(H,30,31,32). The molecule has 1 aliphatic rings. The highest BCUT2D eigenvalue weighted by molar-refractivity contribution is 7.91. The van der Waals surface area contributed by atoms with Crippen molar-refractivity contribution < 1.29 is 9.29 Å². The monoisotopic (exact) mass is 500 g/mol. The van der Waals surface area contributed by atoms with Crippen molar-refractivity contribution >= 4 is 33.6 Å². The van der Waals surface area contributed by atoms with Crippen molar-refractivity contribution in [3.63, 3.8) is 0 Å². The van der Waals surface area contributed by atoms with E-state index in [4.69, 9.17) is 4.74 Å². The van der Waals surface area contributed by atoms with Crippen LogP contribution in [0.1, 0.15) is 24.0 Å². The van der Waals surface area contributed by atoms with E-state index >= 15 is 0 Å². The molecule has 1 aliphatic heterocycles. The second kappa shape index (κ2) is 12.2. The molecule has 0 saturated carbocycles. The molecule has 0 aliphatic carbocycles. The lowest BCUT2D eigenvalue weighted by Gasteiger charge is -2.27. The van der Waals surface area contributed by atoms with Crippen molar-refractivity contribution in [3.8, 4) is 5.75 Å². The summed E-state index contributed by atoms with van der Waals surface area (Å²) < 4.78 is 17.4. The number of nitrogens with zero attached hydrogens (tertiary/aromatic N) is 3. The minimum absolute atomic E-state index is 0.548. The Morgan fingerprint density at radius 2 is 1.69 bits per heavy atom. The lowest BCUT2D eigenvalue weighted by molar-refractivity contribution is 0.289. The quantitative estimate of drug-likeness (QED) is 0.234. The summed E-state index contributed by atoms with van der Waals surface area (Å²) in [6.07, 6.45) is 4.91. The fourth-order valence-corrected chi connectivity index (χ4v) is 5.56. The average molecular weight is 501 g/mol. The van der Waals surface area contributed by atoms with Gasteiger partial charge >= 0.3 is 0 Å². The Balaban J connectivity index is 1.17. The van der Waals surface area contributed by atoms with E-state index in [1.807, 2.05) is 42.5 Å². The zero-order valence-electron chi connectivity index (χ0n) is 20.4. The van der Waals surface area contributed by atoms with Crippen LogP contribution in [0.2, 0.25) is 0 Å². The number of nitrogens with one attached hydrogen (secondary N) is 1. The molecule has 0 unspecified atom stereocenters. The Labute approximate surface area is 215 Å². The van der Waals surface area contributed by atoms with Gasteiger partial charge in [-0.2, -0.15) is 0 Å². The van der Waals surface area contributed by atoms with Crippen LogP contribution >= 0.6 is 0 Å². The Morgan fingerprint density at radius 3 is 2.50 bits per heavy atom. The number of benzene rings is 3. The van der Waals surface area contributed by atoms with Crippen molar-refractivity contribution in [1.29, 1.82) is 0 Å². The van der Waals surface area contributed by atoms with Crippen molar-refractivity contribution in [2.24, 2.45) is 0 Å². The predicted molar refractivity (Wildman–Crippen MR) is 147 cm³/mol. The molecule has 0 bridgehead atoms. The molecule has 1 fully saturated rings. The highest BCUT2D eigenvalue weighted by Crippen LogP contribution is 2.26. The molecule has 0 amide bonds. The largest absolute Gasteiger partial charge is 0.616 e. The summed E-state index contributed by atoms with van der Waals surface area (Å²) in [5.41, 5.74) is 4.33. The highest BCUT2D eigenvalue weighted by atomic mass is 32.2. The van der Waals surface area contributed by atoms with Gasteiger partial charge in [-0.05, 0) is 73.3 Å². The molecule has 5 rings (SSSR count). The Morgan fingerprint density at radius 1 is 0.889 bits per heavy atom. The predicted octanol–water partition coefficient (Wildman–Crippen LogP) is 5.34. The van der Waals surface area contributed by atoms with Crippen LogP contribution in [0.4, 0.5) is 11.5 Å². The van der Waals surface area contributed by atoms with Gasteiger partial charge in [0.2, 0.25) is 0 Å². The van der Waals surface area contributed by atoms with Gasteiger partial charge in [0.05, 0.1) is 5.52 Å². The molecular formula is C29H32N4O2S. The fourth-order valence-electron chi connectivity index (χ4n) is 4.43. The summed E-state index contributed by atoms with van der Waals surface area (Å²) in [5.74, 6) is 3.28. The molecule has 1 aromatic heterocycles. The number of anilines is 2. The maximum atomic E-state index is 11.5. The van der Waals surface area contributed by atoms with Crippen LogP contribution in [0.15, 0.2) is 79.1 Å². The molecule has 0 atom stereocenters. The second-order valence-electron chi connectivity index (χ2n) is 9.14. The lowest BCUT2D eigenvalue weighted by atomic mass is 10.1. The van der Waals surface area contributed by atoms with Crippen LogP contribution in [0.3, 0.4) is 0 Å². The van der Waals surface area contributed by atoms with Gasteiger partial charge in [-0.1, -0.05) is 47.6 Å². The van der Waals surface area contributed by atoms with Gasteiger partial charge in [-0.3, -0.25) is 4.90 Å². The molecule has 186 valence electrons. The summed E-state index contributed by atoms with van der Waals surface area (Å²) in [6, 6.07) is 24.6. The lowest BCUT2D eigenvalue weighted by Crippen LogP contribution is -2.40. The van der Waals surface area contributed by atoms with Crippen LogP contribution in [0.5, 0.6) is 5.75 Å². The van der Waals surface area contributed by atoms with Crippen LogP contribution in [0.25, 0.3) is 10.9 Å². The number of hydrogen-bond donors (Lipinski definition) is 1. The highest BCUT2D eigenvalue weighted by Gasteiger charge is 2.18. The van der Waals surface area contributed by atoms with E-state index in [9.17, 15) is 4.55 Å². The van der Waals surface area contributed by atoms with Gasteiger partial charge in [0, 0.05) is 24.2 Å². The summed E-state index contributed by atoms with van der Waals surface area (Å²) in [4.78, 5) is 11.4. The van der Waals surface area contributed by atoms with Crippen LogP contribution in [0, 0.1) is 0 Å². The number of ether oxygens (including phenoxy) is 1. The Kier molecular flexibility index (Phi) is 8.33. The molecule has 3 aromatic carbocycles. The minimum Gasteiger partial charge on any atom is -0.616 e. The summed E-state index contributed by atoms with van der Waals surface area (Å²) in [6.45, 7) is 3.57. The van der Waals surface area contributed by atoms with E-state index in [-0.39, 0.29) is 0 Å². The Hall–Kier alpha value is -3.13. The summed E-state index contributed by atoms with van der Waals surface area (Å²) in [5, 5.41) is 4.48. The topological polar surface area (TPSA) is 73.3 Å². The van der Waals surface area contributed by atoms with Crippen LogP contribution < -0.4 is 10.1 Å². The van der Waals surface area contributed by atoms with Gasteiger partial charge in [0.25, 0.3) is 0 Å². The molecule has 6 nitrogen and oxygen atoms in total. The molecule has 1 N–H and O–H groups in total. The zero-order chi connectivity index (χ0) is 24.6. The van der Waals surface area contributed by atoms with Gasteiger partial charge in [-0.15, -0.1) is 0 Å². The molecule has 0 spiro atoms. The van der Waals surface area contributed by atoms with Crippen LogP contribution in [-0.4, -0.2) is 50.6 Å². The number of aromatic nitrogens is 2. The third kappa shape index (κ3) is 6.75. The van der Waals surface area contributed by atoms with Gasteiger partial charge in [0.15, 0.2) is 0 Å². The van der Waals surface area contributed by atoms with Gasteiger partial charge < -0.3 is 14.6 Å². The maximum Gasteiger partial charge on any atom is 0.141 e. The number of fused-ring (bicyclic) bond motifs is 1. The van der Waals surface area contributed by atoms with E-state index in [0.717, 1.165) is 84.1 Å². The SMILES string of the molecule is [O-][S+]1CCN(CCCCc2ccc3ncnc(Nc4ccc(OCc5ccccc5)cc4)c3c2)CC1. The van der Waals surface area contributed by atoms with Gasteiger partial charge in [-0.25, -0.2) is 9.97 Å². The first-order chi connectivity index (χ1) is 17.7. The molecule has 7 heteroatoms. The Bertz CT molecular complexity index is 1250. The molecule has 0 radical (unpaired) electrons. The van der Waals surface area contributed by atoms with E-state index in [0.29, 0.717) is 6.61 Å². The van der Waals surface area contributed by atoms with E-state index in [1.165, 1.54) is 5.56 Å². The molecule has 1 saturated heterocycles. The average Bonchev–Trinajstić information content (AvgIpc) is 2.92. The first-order valence-electron chi connectivity index (χ1n) is 12.6. The maximum absolute atomic E-state index is 11.5. The number of hydrogen-bond acceptors (Lipinski definition) is 6. The molecular weight excluding hydrogens is 468 g/mol. The third-order valence-electron chi connectivity index (χ3n) is 6.53. The van der Waals surface area contributed by atoms with Gasteiger partial charge in [0.1, 0.15) is 36.0 Å². The smallest absolute Gasteiger partial charge is 0.141 e. The number of rotatable bonds is 10. The molecule has 36 heavy (non-hydrogen) atoms. The van der Waals surface area contributed by atoms with E-state index < -0.39 is 11.2 Å². The van der Waals surface area contributed by atoms with E-state index in [1.54, 1.807) is 6.33 Å². The first-order valence-corrected chi connectivity index (χ1v) is 14.1. The number of aryl methyl sites for hydroxylation is 1. The molecule has 2 heterocycles. The molecule has 4 aromatic rings.